The molecule has 0 radical (unpaired) electrons. The van der Waals surface area contributed by atoms with Crippen LogP contribution in [0.2, 0.25) is 0 Å². The Morgan fingerprint density at radius 2 is 2.23 bits per heavy atom. The van der Waals surface area contributed by atoms with Crippen LogP contribution < -0.4 is 5.73 Å². The van der Waals surface area contributed by atoms with Crippen LogP contribution in [0.4, 0.5) is 10.2 Å². The first-order valence-electron chi connectivity index (χ1n) is 7.42. The van der Waals surface area contributed by atoms with E-state index in [-0.39, 0.29) is 11.9 Å². The number of rotatable bonds is 3. The van der Waals surface area contributed by atoms with Gasteiger partial charge in [0.05, 0.1) is 12.7 Å². The van der Waals surface area contributed by atoms with Gasteiger partial charge in [0.1, 0.15) is 11.6 Å². The van der Waals surface area contributed by atoms with Crippen molar-refractivity contribution in [3.63, 3.8) is 0 Å². The number of anilines is 1. The lowest BCUT2D eigenvalue weighted by molar-refractivity contribution is -0.0329. The number of aromatic nitrogens is 1. The predicted octanol–water partition coefficient (Wildman–Crippen LogP) is 2.68. The summed E-state index contributed by atoms with van der Waals surface area (Å²) in [6.45, 7) is 4.92. The van der Waals surface area contributed by atoms with E-state index < -0.39 is 0 Å². The number of halogens is 1. The predicted molar refractivity (Wildman–Crippen MR) is 83.8 cm³/mol. The van der Waals surface area contributed by atoms with Crippen LogP contribution in [-0.4, -0.2) is 29.6 Å². The summed E-state index contributed by atoms with van der Waals surface area (Å²) in [6.07, 6.45) is 1.71. The Morgan fingerprint density at radius 3 is 3.00 bits per heavy atom. The largest absolute Gasteiger partial charge is 0.384 e. The van der Waals surface area contributed by atoms with E-state index in [2.05, 4.69) is 9.88 Å². The molecule has 2 N–H and O–H groups in total. The number of benzene rings is 1. The molecule has 1 saturated heterocycles. The molecule has 1 aliphatic heterocycles. The molecule has 1 atom stereocenters. The average Bonchev–Trinajstić information content (AvgIpc) is 2.50. The maximum absolute atomic E-state index is 13.4. The first-order chi connectivity index (χ1) is 10.6. The zero-order valence-electron chi connectivity index (χ0n) is 12.6. The van der Waals surface area contributed by atoms with Gasteiger partial charge in [-0.25, -0.2) is 9.37 Å². The van der Waals surface area contributed by atoms with Crippen molar-refractivity contribution in [1.29, 1.82) is 0 Å². The van der Waals surface area contributed by atoms with E-state index in [4.69, 9.17) is 10.5 Å². The van der Waals surface area contributed by atoms with Gasteiger partial charge in [-0.3, -0.25) is 4.90 Å². The smallest absolute Gasteiger partial charge is 0.126 e. The molecule has 1 aromatic heterocycles. The van der Waals surface area contributed by atoms with Gasteiger partial charge in [0.2, 0.25) is 0 Å². The molecule has 3 rings (SSSR count). The third kappa shape index (κ3) is 3.43. The Hall–Kier alpha value is -1.98. The highest BCUT2D eigenvalue weighted by molar-refractivity contribution is 5.32. The molecule has 0 bridgehead atoms. The van der Waals surface area contributed by atoms with E-state index in [1.54, 1.807) is 19.2 Å². The van der Waals surface area contributed by atoms with Crippen LogP contribution in [0, 0.1) is 12.7 Å². The van der Waals surface area contributed by atoms with Crippen LogP contribution in [0.3, 0.4) is 0 Å². The van der Waals surface area contributed by atoms with Crippen LogP contribution >= 0.6 is 0 Å². The highest BCUT2D eigenvalue weighted by Gasteiger charge is 2.22. The molecule has 0 aliphatic carbocycles. The van der Waals surface area contributed by atoms with Gasteiger partial charge < -0.3 is 10.5 Å². The van der Waals surface area contributed by atoms with E-state index in [0.717, 1.165) is 30.8 Å². The molecule has 2 aromatic rings. The minimum Gasteiger partial charge on any atom is -0.384 e. The van der Waals surface area contributed by atoms with Crippen molar-refractivity contribution in [1.82, 2.24) is 9.88 Å². The molecule has 1 aromatic carbocycles. The maximum atomic E-state index is 13.4. The molecule has 22 heavy (non-hydrogen) atoms. The lowest BCUT2D eigenvalue weighted by Gasteiger charge is -2.33. The van der Waals surface area contributed by atoms with E-state index >= 15 is 0 Å². The van der Waals surface area contributed by atoms with Crippen LogP contribution in [0.15, 0.2) is 36.5 Å². The summed E-state index contributed by atoms with van der Waals surface area (Å²) in [5, 5.41) is 0. The molecule has 4 nitrogen and oxygen atoms in total. The second kappa shape index (κ2) is 6.42. The Morgan fingerprint density at radius 1 is 1.36 bits per heavy atom. The zero-order chi connectivity index (χ0) is 15.5. The molecule has 1 fully saturated rings. The summed E-state index contributed by atoms with van der Waals surface area (Å²) < 4.78 is 19.2. The number of nitrogens with two attached hydrogens (primary N) is 1. The average molecular weight is 301 g/mol. The zero-order valence-corrected chi connectivity index (χ0v) is 12.6. The number of morpholine rings is 1. The van der Waals surface area contributed by atoms with Crippen molar-refractivity contribution in [3.05, 3.63) is 59.0 Å². The number of pyridine rings is 1. The molecule has 1 aliphatic rings. The topological polar surface area (TPSA) is 51.4 Å². The van der Waals surface area contributed by atoms with E-state index in [0.29, 0.717) is 18.0 Å². The second-order valence-corrected chi connectivity index (χ2v) is 5.69. The Balaban J connectivity index is 1.69. The fraction of sp³-hybridized carbons (Fsp3) is 0.353. The second-order valence-electron chi connectivity index (χ2n) is 5.69. The third-order valence-corrected chi connectivity index (χ3v) is 3.96. The first kappa shape index (κ1) is 14.9. The Labute approximate surface area is 129 Å². The lowest BCUT2D eigenvalue weighted by atomic mass is 10.0. The highest BCUT2D eigenvalue weighted by Crippen LogP contribution is 2.25. The molecule has 0 saturated carbocycles. The normalized spacial score (nSPS) is 19.3. The Kier molecular flexibility index (Phi) is 4.36. The van der Waals surface area contributed by atoms with Crippen molar-refractivity contribution < 1.29 is 9.13 Å². The minimum atomic E-state index is -0.177. The number of nitrogen functional groups attached to an aromatic ring is 1. The lowest BCUT2D eigenvalue weighted by Crippen LogP contribution is -2.37. The molecular formula is C17H20FN3O. The number of ether oxygens (including phenoxy) is 1. The van der Waals surface area contributed by atoms with E-state index in [1.807, 2.05) is 18.2 Å². The van der Waals surface area contributed by atoms with E-state index in [1.165, 1.54) is 6.07 Å². The molecular weight excluding hydrogens is 281 g/mol. The van der Waals surface area contributed by atoms with Crippen LogP contribution in [0.1, 0.15) is 22.8 Å². The molecule has 116 valence electrons. The number of aryl methyl sites for hydroxylation is 1. The SMILES string of the molecule is Cc1cc(C2CN(Cc3ccnc(N)c3)CCO2)ccc1F. The van der Waals surface area contributed by atoms with Gasteiger partial charge in [-0.2, -0.15) is 0 Å². The summed E-state index contributed by atoms with van der Waals surface area (Å²) in [6, 6.07) is 9.06. The molecule has 0 amide bonds. The van der Waals surface area contributed by atoms with E-state index in [9.17, 15) is 4.39 Å². The number of hydrogen-bond donors (Lipinski definition) is 1. The van der Waals surface area contributed by atoms with Crippen LogP contribution in [0.25, 0.3) is 0 Å². The fourth-order valence-corrected chi connectivity index (χ4v) is 2.77. The van der Waals surface area contributed by atoms with Gasteiger partial charge in [-0.15, -0.1) is 0 Å². The highest BCUT2D eigenvalue weighted by atomic mass is 19.1. The monoisotopic (exact) mass is 301 g/mol. The molecule has 2 heterocycles. The minimum absolute atomic E-state index is 0.0211. The van der Waals surface area contributed by atoms with Gasteiger partial charge in [0, 0.05) is 25.8 Å². The van der Waals surface area contributed by atoms with Gasteiger partial charge in [0.15, 0.2) is 0 Å². The van der Waals surface area contributed by atoms with Crippen molar-refractivity contribution in [2.24, 2.45) is 0 Å². The van der Waals surface area contributed by atoms with Gasteiger partial charge in [0.25, 0.3) is 0 Å². The summed E-state index contributed by atoms with van der Waals surface area (Å²) in [5.41, 5.74) is 8.54. The summed E-state index contributed by atoms with van der Waals surface area (Å²) in [7, 11) is 0. The summed E-state index contributed by atoms with van der Waals surface area (Å²) in [4.78, 5) is 6.33. The first-order valence-corrected chi connectivity index (χ1v) is 7.42. The van der Waals surface area contributed by atoms with Crippen molar-refractivity contribution >= 4 is 5.82 Å². The van der Waals surface area contributed by atoms with Crippen LogP contribution in [0.5, 0.6) is 0 Å². The number of hydrogen-bond acceptors (Lipinski definition) is 4. The Bertz CT molecular complexity index is 662. The van der Waals surface area contributed by atoms with Crippen LogP contribution in [-0.2, 0) is 11.3 Å². The molecule has 1 unspecified atom stereocenters. The van der Waals surface area contributed by atoms with Crippen molar-refractivity contribution in [3.8, 4) is 0 Å². The van der Waals surface area contributed by atoms with Gasteiger partial charge >= 0.3 is 0 Å². The summed E-state index contributed by atoms with van der Waals surface area (Å²) in [5.74, 6) is 0.361. The standard InChI is InChI=1S/C17H20FN3O/c1-12-8-14(2-3-15(12)18)16-11-21(6-7-22-16)10-13-4-5-20-17(19)9-13/h2-5,8-9,16H,6-7,10-11H2,1H3,(H2,19,20). The van der Waals surface area contributed by atoms with Gasteiger partial charge in [-0.1, -0.05) is 12.1 Å². The maximum Gasteiger partial charge on any atom is 0.126 e. The van der Waals surface area contributed by atoms with Gasteiger partial charge in [-0.05, 0) is 41.8 Å². The third-order valence-electron chi connectivity index (χ3n) is 3.96. The molecule has 5 heteroatoms. The van der Waals surface area contributed by atoms with Crippen molar-refractivity contribution in [2.75, 3.05) is 25.4 Å². The number of nitrogens with zero attached hydrogens (tertiary/aromatic N) is 2. The fourth-order valence-electron chi connectivity index (χ4n) is 2.77. The summed E-state index contributed by atoms with van der Waals surface area (Å²) >= 11 is 0. The molecule has 0 spiro atoms. The quantitative estimate of drug-likeness (QED) is 0.947. The van der Waals surface area contributed by atoms with Crippen molar-refractivity contribution in [2.45, 2.75) is 19.6 Å².